The average Bonchev–Trinajstić information content (AvgIpc) is 2.34. The van der Waals surface area contributed by atoms with Crippen molar-refractivity contribution in [2.24, 2.45) is 0 Å². The monoisotopic (exact) mass is 308 g/mol. The van der Waals surface area contributed by atoms with E-state index in [1.807, 2.05) is 12.1 Å². The molecule has 0 atom stereocenters. The molecule has 0 aliphatic heterocycles. The Morgan fingerprint density at radius 1 is 1.28 bits per heavy atom. The summed E-state index contributed by atoms with van der Waals surface area (Å²) in [6.07, 6.45) is 3.59. The second-order valence-electron chi connectivity index (χ2n) is 4.42. The maximum Gasteiger partial charge on any atom is 0.112 e. The van der Waals surface area contributed by atoms with Crippen LogP contribution in [0.4, 0.5) is 5.69 Å². The number of rotatable bonds is 5. The third-order valence-corrected chi connectivity index (χ3v) is 2.97. The van der Waals surface area contributed by atoms with Crippen molar-refractivity contribution in [3.05, 3.63) is 29.0 Å². The maximum atomic E-state index is 4.40. The van der Waals surface area contributed by atoms with Crippen LogP contribution in [-0.2, 0) is 0 Å². The number of nitrogens with zero attached hydrogens (tertiary/aromatic N) is 2. The zero-order chi connectivity index (χ0) is 13.0. The van der Waals surface area contributed by atoms with Crippen molar-refractivity contribution < 1.29 is 0 Å². The number of nitrogens with one attached hydrogen (secondary N) is 2. The summed E-state index contributed by atoms with van der Waals surface area (Å²) >= 11 is 3.40. The lowest BCUT2D eigenvalue weighted by Crippen LogP contribution is -2.28. The SMILES string of the molecule is CC(C)NCCNc1ccnc2cc(Br)cnc12. The van der Waals surface area contributed by atoms with E-state index in [1.165, 1.54) is 0 Å². The fraction of sp³-hybridized carbons (Fsp3) is 0.385. The molecule has 2 rings (SSSR count). The number of halogens is 1. The van der Waals surface area contributed by atoms with Gasteiger partial charge in [-0.05, 0) is 28.1 Å². The normalized spacial score (nSPS) is 11.1. The highest BCUT2D eigenvalue weighted by Crippen LogP contribution is 2.21. The lowest BCUT2D eigenvalue weighted by Gasteiger charge is -2.11. The summed E-state index contributed by atoms with van der Waals surface area (Å²) in [5.74, 6) is 0. The van der Waals surface area contributed by atoms with Crippen LogP contribution in [-0.4, -0.2) is 29.1 Å². The number of hydrogen-bond acceptors (Lipinski definition) is 4. The zero-order valence-electron chi connectivity index (χ0n) is 10.6. The van der Waals surface area contributed by atoms with Crippen molar-refractivity contribution in [1.29, 1.82) is 0 Å². The summed E-state index contributed by atoms with van der Waals surface area (Å²) in [6, 6.07) is 4.44. The van der Waals surface area contributed by atoms with Crippen LogP contribution >= 0.6 is 15.9 Å². The second kappa shape index (κ2) is 6.11. The fourth-order valence-electron chi connectivity index (χ4n) is 1.71. The first kappa shape index (κ1) is 13.2. The molecule has 18 heavy (non-hydrogen) atoms. The minimum atomic E-state index is 0.509. The van der Waals surface area contributed by atoms with E-state index in [4.69, 9.17) is 0 Å². The van der Waals surface area contributed by atoms with Crippen LogP contribution < -0.4 is 10.6 Å². The first-order valence-electron chi connectivity index (χ1n) is 6.04. The Hall–Kier alpha value is -1.20. The van der Waals surface area contributed by atoms with Gasteiger partial charge in [-0.3, -0.25) is 9.97 Å². The lowest BCUT2D eigenvalue weighted by atomic mass is 10.3. The van der Waals surface area contributed by atoms with Gasteiger partial charge in [0.2, 0.25) is 0 Å². The van der Waals surface area contributed by atoms with Gasteiger partial charge in [0.1, 0.15) is 5.52 Å². The van der Waals surface area contributed by atoms with Crippen LogP contribution in [0.5, 0.6) is 0 Å². The topological polar surface area (TPSA) is 49.8 Å². The van der Waals surface area contributed by atoms with E-state index in [1.54, 1.807) is 12.4 Å². The van der Waals surface area contributed by atoms with Gasteiger partial charge in [-0.2, -0.15) is 0 Å². The van der Waals surface area contributed by atoms with Gasteiger partial charge in [0.15, 0.2) is 0 Å². The zero-order valence-corrected chi connectivity index (χ0v) is 12.2. The largest absolute Gasteiger partial charge is 0.382 e. The van der Waals surface area contributed by atoms with Gasteiger partial charge in [0.05, 0.1) is 11.2 Å². The van der Waals surface area contributed by atoms with E-state index in [-0.39, 0.29) is 0 Å². The van der Waals surface area contributed by atoms with Crippen LogP contribution in [0.25, 0.3) is 11.0 Å². The molecule has 0 amide bonds. The van der Waals surface area contributed by atoms with Gasteiger partial charge in [-0.1, -0.05) is 13.8 Å². The standard InChI is InChI=1S/C13H17BrN4/c1-9(2)15-5-6-17-11-3-4-16-12-7-10(14)8-18-13(11)12/h3-4,7-9,15H,5-6H2,1-2H3,(H,16,17). The van der Waals surface area contributed by atoms with E-state index >= 15 is 0 Å². The van der Waals surface area contributed by atoms with Gasteiger partial charge in [0.25, 0.3) is 0 Å². The molecule has 4 nitrogen and oxygen atoms in total. The van der Waals surface area contributed by atoms with Crippen molar-refractivity contribution in [3.8, 4) is 0 Å². The van der Waals surface area contributed by atoms with E-state index in [0.717, 1.165) is 34.3 Å². The summed E-state index contributed by atoms with van der Waals surface area (Å²) in [6.45, 7) is 6.08. The van der Waals surface area contributed by atoms with Crippen LogP contribution in [0.1, 0.15) is 13.8 Å². The Kier molecular flexibility index (Phi) is 4.49. The van der Waals surface area contributed by atoms with Crippen molar-refractivity contribution in [2.75, 3.05) is 18.4 Å². The highest BCUT2D eigenvalue weighted by atomic mass is 79.9. The molecular formula is C13H17BrN4. The average molecular weight is 309 g/mol. The fourth-order valence-corrected chi connectivity index (χ4v) is 2.03. The molecule has 0 saturated heterocycles. The molecule has 96 valence electrons. The second-order valence-corrected chi connectivity index (χ2v) is 5.33. The van der Waals surface area contributed by atoms with E-state index in [0.29, 0.717) is 6.04 Å². The first-order valence-corrected chi connectivity index (χ1v) is 6.83. The predicted molar refractivity (Wildman–Crippen MR) is 78.9 cm³/mol. The summed E-state index contributed by atoms with van der Waals surface area (Å²) in [5, 5.41) is 6.75. The Bertz CT molecular complexity index is 527. The summed E-state index contributed by atoms with van der Waals surface area (Å²) in [4.78, 5) is 8.71. The molecule has 0 aliphatic rings. The molecule has 0 saturated carbocycles. The Balaban J connectivity index is 2.08. The number of anilines is 1. The summed E-state index contributed by atoms with van der Waals surface area (Å²) < 4.78 is 0.945. The van der Waals surface area contributed by atoms with Crippen LogP contribution in [0.15, 0.2) is 29.0 Å². The predicted octanol–water partition coefficient (Wildman–Crippen LogP) is 2.80. The quantitative estimate of drug-likeness (QED) is 0.834. The first-order chi connectivity index (χ1) is 8.66. The molecule has 0 fully saturated rings. The van der Waals surface area contributed by atoms with Gasteiger partial charge in [-0.25, -0.2) is 0 Å². The molecule has 0 radical (unpaired) electrons. The van der Waals surface area contributed by atoms with Crippen molar-refractivity contribution in [3.63, 3.8) is 0 Å². The molecule has 2 heterocycles. The molecule has 0 aromatic carbocycles. The number of hydrogen-bond donors (Lipinski definition) is 2. The molecule has 2 N–H and O–H groups in total. The molecule has 0 unspecified atom stereocenters. The molecule has 5 heteroatoms. The Labute approximate surface area is 115 Å². The van der Waals surface area contributed by atoms with Gasteiger partial charge in [-0.15, -0.1) is 0 Å². The Morgan fingerprint density at radius 3 is 2.89 bits per heavy atom. The Morgan fingerprint density at radius 2 is 2.11 bits per heavy atom. The molecule has 2 aromatic heterocycles. The van der Waals surface area contributed by atoms with E-state index < -0.39 is 0 Å². The van der Waals surface area contributed by atoms with Crippen LogP contribution in [0.2, 0.25) is 0 Å². The van der Waals surface area contributed by atoms with Gasteiger partial charge >= 0.3 is 0 Å². The van der Waals surface area contributed by atoms with Crippen LogP contribution in [0, 0.1) is 0 Å². The lowest BCUT2D eigenvalue weighted by molar-refractivity contribution is 0.602. The summed E-state index contributed by atoms with van der Waals surface area (Å²) in [5.41, 5.74) is 2.83. The molecular weight excluding hydrogens is 292 g/mol. The minimum absolute atomic E-state index is 0.509. The highest BCUT2D eigenvalue weighted by molar-refractivity contribution is 9.10. The van der Waals surface area contributed by atoms with Crippen molar-refractivity contribution in [2.45, 2.75) is 19.9 Å². The third-order valence-electron chi connectivity index (χ3n) is 2.54. The van der Waals surface area contributed by atoms with Crippen molar-refractivity contribution >= 4 is 32.7 Å². The van der Waals surface area contributed by atoms with Gasteiger partial charge in [0, 0.05) is 36.0 Å². The van der Waals surface area contributed by atoms with E-state index in [2.05, 4.69) is 50.4 Å². The molecule has 0 bridgehead atoms. The number of fused-ring (bicyclic) bond motifs is 1. The minimum Gasteiger partial charge on any atom is -0.382 e. The molecule has 0 aliphatic carbocycles. The molecule has 0 spiro atoms. The smallest absolute Gasteiger partial charge is 0.112 e. The van der Waals surface area contributed by atoms with Crippen molar-refractivity contribution in [1.82, 2.24) is 15.3 Å². The number of pyridine rings is 2. The summed E-state index contributed by atoms with van der Waals surface area (Å²) in [7, 11) is 0. The van der Waals surface area contributed by atoms with Gasteiger partial charge < -0.3 is 10.6 Å². The maximum absolute atomic E-state index is 4.40. The molecule has 2 aromatic rings. The number of aromatic nitrogens is 2. The highest BCUT2D eigenvalue weighted by Gasteiger charge is 2.03. The van der Waals surface area contributed by atoms with E-state index in [9.17, 15) is 0 Å². The third kappa shape index (κ3) is 3.40. The van der Waals surface area contributed by atoms with Crippen LogP contribution in [0.3, 0.4) is 0 Å².